The van der Waals surface area contributed by atoms with Crippen LogP contribution in [0.5, 0.6) is 0 Å². The Kier molecular flexibility index (Phi) is 7.63. The Labute approximate surface area is 154 Å². The van der Waals surface area contributed by atoms with Crippen molar-refractivity contribution in [3.63, 3.8) is 0 Å². The van der Waals surface area contributed by atoms with Gasteiger partial charge in [0.15, 0.2) is 0 Å². The third-order valence-electron chi connectivity index (χ3n) is 4.82. The van der Waals surface area contributed by atoms with Crippen molar-refractivity contribution in [1.29, 1.82) is 0 Å². The average molecular weight is 360 g/mol. The van der Waals surface area contributed by atoms with Crippen molar-refractivity contribution in [3.05, 3.63) is 35.4 Å². The van der Waals surface area contributed by atoms with Crippen molar-refractivity contribution in [2.75, 3.05) is 6.54 Å². The Morgan fingerprint density at radius 3 is 2.35 bits per heavy atom. The zero-order chi connectivity index (χ0) is 18.9. The maximum absolute atomic E-state index is 12.6. The van der Waals surface area contributed by atoms with E-state index in [9.17, 15) is 19.5 Å². The molecule has 2 atom stereocenters. The fourth-order valence-electron chi connectivity index (χ4n) is 3.35. The minimum atomic E-state index is -0.857. The Morgan fingerprint density at radius 1 is 1.04 bits per heavy atom. The predicted octanol–water partition coefficient (Wildman–Crippen LogP) is 2.98. The molecule has 1 saturated carbocycles. The molecule has 2 amide bonds. The molecule has 0 saturated heterocycles. The van der Waals surface area contributed by atoms with Crippen LogP contribution in [0.1, 0.15) is 72.6 Å². The van der Waals surface area contributed by atoms with Crippen LogP contribution < -0.4 is 10.6 Å². The summed E-state index contributed by atoms with van der Waals surface area (Å²) >= 11 is 0. The van der Waals surface area contributed by atoms with Crippen molar-refractivity contribution in [2.24, 2.45) is 5.92 Å². The largest absolute Gasteiger partial charge is 0.481 e. The number of hydrogen-bond acceptors (Lipinski definition) is 3. The lowest BCUT2D eigenvalue weighted by Crippen LogP contribution is -2.44. The van der Waals surface area contributed by atoms with Crippen LogP contribution in [0, 0.1) is 5.92 Å². The van der Waals surface area contributed by atoms with Crippen molar-refractivity contribution < 1.29 is 19.5 Å². The lowest BCUT2D eigenvalue weighted by molar-refractivity contribution is -0.143. The Morgan fingerprint density at radius 2 is 1.69 bits per heavy atom. The first-order valence-electron chi connectivity index (χ1n) is 9.45. The van der Waals surface area contributed by atoms with Gasteiger partial charge in [-0.15, -0.1) is 0 Å². The number of nitrogens with one attached hydrogen (secondary N) is 2. The Balaban J connectivity index is 2.09. The topological polar surface area (TPSA) is 95.5 Å². The molecule has 142 valence electrons. The SMILES string of the molecule is CCCNC(=O)c1cccc(C(=O)NC2CCCCCCC2C(=O)O)c1. The van der Waals surface area contributed by atoms with Crippen molar-refractivity contribution in [3.8, 4) is 0 Å². The number of carboxylic acids is 1. The minimum absolute atomic E-state index is 0.212. The number of rotatable bonds is 6. The molecule has 26 heavy (non-hydrogen) atoms. The Hall–Kier alpha value is -2.37. The quantitative estimate of drug-likeness (QED) is 0.727. The molecule has 1 aromatic carbocycles. The normalized spacial score (nSPS) is 20.5. The molecule has 0 heterocycles. The van der Waals surface area contributed by atoms with Gasteiger partial charge in [-0.2, -0.15) is 0 Å². The number of aliphatic carboxylic acids is 1. The molecule has 2 rings (SSSR count). The maximum Gasteiger partial charge on any atom is 0.308 e. The van der Waals surface area contributed by atoms with Gasteiger partial charge in [0.2, 0.25) is 0 Å². The summed E-state index contributed by atoms with van der Waals surface area (Å²) in [5.41, 5.74) is 0.805. The van der Waals surface area contributed by atoms with Crippen LogP contribution in [0.4, 0.5) is 0 Å². The van der Waals surface area contributed by atoms with Crippen molar-refractivity contribution >= 4 is 17.8 Å². The summed E-state index contributed by atoms with van der Waals surface area (Å²) in [4.78, 5) is 36.3. The number of benzene rings is 1. The maximum atomic E-state index is 12.6. The lowest BCUT2D eigenvalue weighted by atomic mass is 9.86. The molecule has 0 radical (unpaired) electrons. The van der Waals surface area contributed by atoms with Crippen molar-refractivity contribution in [1.82, 2.24) is 10.6 Å². The Bertz CT molecular complexity index is 644. The number of hydrogen-bond donors (Lipinski definition) is 3. The second-order valence-corrected chi connectivity index (χ2v) is 6.85. The van der Waals surface area contributed by atoms with E-state index in [1.165, 1.54) is 0 Å². The van der Waals surface area contributed by atoms with Crippen LogP contribution >= 0.6 is 0 Å². The molecule has 3 N–H and O–H groups in total. The summed E-state index contributed by atoms with van der Waals surface area (Å²) in [7, 11) is 0. The first-order valence-corrected chi connectivity index (χ1v) is 9.45. The summed E-state index contributed by atoms with van der Waals surface area (Å²) in [5.74, 6) is -1.96. The predicted molar refractivity (Wildman–Crippen MR) is 99.1 cm³/mol. The number of carboxylic acid groups (broad SMARTS) is 1. The van der Waals surface area contributed by atoms with E-state index in [-0.39, 0.29) is 17.9 Å². The van der Waals surface area contributed by atoms with E-state index in [2.05, 4.69) is 10.6 Å². The van der Waals surface area contributed by atoms with Gasteiger partial charge < -0.3 is 15.7 Å². The molecule has 1 aliphatic carbocycles. The summed E-state index contributed by atoms with van der Waals surface area (Å²) < 4.78 is 0. The average Bonchev–Trinajstić information content (AvgIpc) is 2.61. The van der Waals surface area contributed by atoms with E-state index < -0.39 is 11.9 Å². The van der Waals surface area contributed by atoms with Gasteiger partial charge >= 0.3 is 5.97 Å². The van der Waals surface area contributed by atoms with Crippen LogP contribution in [0.25, 0.3) is 0 Å². The van der Waals surface area contributed by atoms with Crippen LogP contribution in [0.15, 0.2) is 24.3 Å². The standard InChI is InChI=1S/C20H28N2O4/c1-2-12-21-18(23)14-8-7-9-15(13-14)19(24)22-17-11-6-4-3-5-10-16(17)20(25)26/h7-9,13,16-17H,2-6,10-12H2,1H3,(H,21,23)(H,22,24)(H,25,26). The van der Waals surface area contributed by atoms with Crippen molar-refractivity contribution in [2.45, 2.75) is 57.9 Å². The van der Waals surface area contributed by atoms with Gasteiger partial charge in [-0.25, -0.2) is 0 Å². The number of amides is 2. The van der Waals surface area contributed by atoms with E-state index in [1.807, 2.05) is 6.92 Å². The van der Waals surface area contributed by atoms with Gasteiger partial charge in [-0.3, -0.25) is 14.4 Å². The highest BCUT2D eigenvalue weighted by Crippen LogP contribution is 2.23. The summed E-state index contributed by atoms with van der Waals surface area (Å²) in [6.07, 6.45) is 5.97. The molecule has 0 aromatic heterocycles. The van der Waals surface area contributed by atoms with E-state index in [0.717, 1.165) is 32.1 Å². The molecule has 2 unspecified atom stereocenters. The van der Waals surface area contributed by atoms with E-state index >= 15 is 0 Å². The fraction of sp³-hybridized carbons (Fsp3) is 0.550. The molecule has 1 aromatic rings. The van der Waals surface area contributed by atoms with Crippen LogP contribution in [0.3, 0.4) is 0 Å². The second kappa shape index (κ2) is 9.94. The highest BCUT2D eigenvalue weighted by Gasteiger charge is 2.30. The zero-order valence-electron chi connectivity index (χ0n) is 15.3. The van der Waals surface area contributed by atoms with Gasteiger partial charge in [-0.1, -0.05) is 38.7 Å². The zero-order valence-corrected chi connectivity index (χ0v) is 15.3. The van der Waals surface area contributed by atoms with E-state index in [4.69, 9.17) is 0 Å². The summed E-state index contributed by atoms with van der Waals surface area (Å²) in [6, 6.07) is 6.15. The minimum Gasteiger partial charge on any atom is -0.481 e. The molecule has 0 aliphatic heterocycles. The molecule has 6 heteroatoms. The molecular formula is C20H28N2O4. The van der Waals surface area contributed by atoms with Gasteiger partial charge in [0, 0.05) is 23.7 Å². The van der Waals surface area contributed by atoms with Crippen LogP contribution in [-0.2, 0) is 4.79 Å². The lowest BCUT2D eigenvalue weighted by Gasteiger charge is -2.27. The number of carbonyl (C=O) groups excluding carboxylic acids is 2. The second-order valence-electron chi connectivity index (χ2n) is 6.85. The fourth-order valence-corrected chi connectivity index (χ4v) is 3.35. The summed E-state index contributed by atoms with van der Waals surface area (Å²) in [6.45, 7) is 2.55. The third-order valence-corrected chi connectivity index (χ3v) is 4.82. The van der Waals surface area contributed by atoms with Gasteiger partial charge in [0.05, 0.1) is 5.92 Å². The van der Waals surface area contributed by atoms with Gasteiger partial charge in [0.1, 0.15) is 0 Å². The van der Waals surface area contributed by atoms with Gasteiger partial charge in [0.25, 0.3) is 11.8 Å². The third kappa shape index (κ3) is 5.58. The summed E-state index contributed by atoms with van der Waals surface area (Å²) in [5, 5.41) is 15.2. The molecule has 6 nitrogen and oxygen atoms in total. The number of carbonyl (C=O) groups is 3. The monoisotopic (exact) mass is 360 g/mol. The smallest absolute Gasteiger partial charge is 0.308 e. The molecular weight excluding hydrogens is 332 g/mol. The molecule has 0 spiro atoms. The molecule has 0 bridgehead atoms. The highest BCUT2D eigenvalue weighted by molar-refractivity contribution is 5.99. The van der Waals surface area contributed by atoms with Gasteiger partial charge in [-0.05, 0) is 37.5 Å². The first kappa shape index (κ1) is 19.9. The van der Waals surface area contributed by atoms with E-state index in [0.29, 0.717) is 30.5 Å². The first-order chi connectivity index (χ1) is 12.5. The van der Waals surface area contributed by atoms with E-state index in [1.54, 1.807) is 24.3 Å². The van der Waals surface area contributed by atoms with Crippen LogP contribution in [0.2, 0.25) is 0 Å². The van der Waals surface area contributed by atoms with Crippen LogP contribution in [-0.4, -0.2) is 35.5 Å². The highest BCUT2D eigenvalue weighted by atomic mass is 16.4. The molecule has 1 fully saturated rings. The molecule has 1 aliphatic rings.